The fourth-order valence-electron chi connectivity index (χ4n) is 3.47. The zero-order valence-electron chi connectivity index (χ0n) is 16.1. The molecule has 2 aromatic heterocycles. The standard InChI is InChI=1S/C22H28N3/c1-15(2)18-8-7-9-19(16(3)4)21(18)25-13-12-24(6)22(25)20-14-23-11-10-17(20)5/h7-16H,1-6H3/q+1. The van der Waals surface area contributed by atoms with Crippen molar-refractivity contribution in [2.24, 2.45) is 7.05 Å². The van der Waals surface area contributed by atoms with Crippen LogP contribution < -0.4 is 4.57 Å². The fourth-order valence-corrected chi connectivity index (χ4v) is 3.47. The van der Waals surface area contributed by atoms with E-state index in [0.717, 1.165) is 0 Å². The van der Waals surface area contributed by atoms with E-state index in [1.807, 2.05) is 12.4 Å². The predicted molar refractivity (Wildman–Crippen MR) is 103 cm³/mol. The van der Waals surface area contributed by atoms with Gasteiger partial charge >= 0.3 is 0 Å². The average Bonchev–Trinajstić information content (AvgIpc) is 2.95. The van der Waals surface area contributed by atoms with Gasteiger partial charge in [-0.3, -0.25) is 4.98 Å². The van der Waals surface area contributed by atoms with Gasteiger partial charge in [0.2, 0.25) is 0 Å². The van der Waals surface area contributed by atoms with E-state index in [0.29, 0.717) is 11.8 Å². The van der Waals surface area contributed by atoms with E-state index in [1.165, 1.54) is 33.8 Å². The molecular weight excluding hydrogens is 306 g/mol. The van der Waals surface area contributed by atoms with Crippen LogP contribution in [-0.4, -0.2) is 9.55 Å². The molecule has 3 aromatic rings. The monoisotopic (exact) mass is 334 g/mol. The van der Waals surface area contributed by atoms with Gasteiger partial charge in [0.05, 0.1) is 12.6 Å². The van der Waals surface area contributed by atoms with Crippen molar-refractivity contribution < 1.29 is 4.57 Å². The molecule has 0 spiro atoms. The summed E-state index contributed by atoms with van der Waals surface area (Å²) in [5.41, 5.74) is 6.48. The molecule has 0 atom stereocenters. The van der Waals surface area contributed by atoms with Crippen LogP contribution in [0.3, 0.4) is 0 Å². The highest BCUT2D eigenvalue weighted by molar-refractivity contribution is 5.62. The quantitative estimate of drug-likeness (QED) is 0.621. The van der Waals surface area contributed by atoms with Crippen LogP contribution in [0.15, 0.2) is 49.1 Å². The first kappa shape index (κ1) is 17.4. The van der Waals surface area contributed by atoms with Gasteiger partial charge in [0, 0.05) is 23.5 Å². The molecule has 0 aliphatic rings. The Morgan fingerprint density at radius 1 is 1.00 bits per heavy atom. The first-order valence-electron chi connectivity index (χ1n) is 9.03. The van der Waals surface area contributed by atoms with Crippen molar-refractivity contribution >= 4 is 0 Å². The fraction of sp³-hybridized carbons (Fsp3) is 0.364. The molecule has 3 rings (SSSR count). The summed E-state index contributed by atoms with van der Waals surface area (Å²) in [6.07, 6.45) is 8.12. The lowest BCUT2D eigenvalue weighted by atomic mass is 9.92. The Morgan fingerprint density at radius 2 is 1.64 bits per heavy atom. The van der Waals surface area contributed by atoms with Crippen molar-refractivity contribution in [2.75, 3.05) is 0 Å². The molecule has 2 heterocycles. The first-order valence-corrected chi connectivity index (χ1v) is 9.03. The minimum Gasteiger partial charge on any atom is -0.264 e. The zero-order valence-corrected chi connectivity index (χ0v) is 16.1. The van der Waals surface area contributed by atoms with Crippen LogP contribution in [-0.2, 0) is 7.05 Å². The van der Waals surface area contributed by atoms with Crippen LogP contribution in [0.2, 0.25) is 0 Å². The molecule has 0 saturated heterocycles. The molecule has 25 heavy (non-hydrogen) atoms. The molecule has 0 aliphatic carbocycles. The van der Waals surface area contributed by atoms with E-state index < -0.39 is 0 Å². The van der Waals surface area contributed by atoms with Gasteiger partial charge in [-0.15, -0.1) is 0 Å². The zero-order chi connectivity index (χ0) is 18.1. The number of hydrogen-bond donors (Lipinski definition) is 0. The summed E-state index contributed by atoms with van der Waals surface area (Å²) in [5.74, 6) is 2.09. The van der Waals surface area contributed by atoms with E-state index in [4.69, 9.17) is 0 Å². The molecule has 0 amide bonds. The summed E-state index contributed by atoms with van der Waals surface area (Å²) < 4.78 is 4.53. The molecule has 0 bridgehead atoms. The Morgan fingerprint density at radius 3 is 2.20 bits per heavy atom. The van der Waals surface area contributed by atoms with Crippen LogP contribution in [0, 0.1) is 6.92 Å². The highest BCUT2D eigenvalue weighted by atomic mass is 15.1. The Balaban J connectivity index is 2.35. The number of hydrogen-bond acceptors (Lipinski definition) is 1. The smallest absolute Gasteiger partial charge is 0.264 e. The van der Waals surface area contributed by atoms with Gasteiger partial charge in [-0.2, -0.15) is 4.57 Å². The molecule has 130 valence electrons. The number of aryl methyl sites for hydroxylation is 2. The van der Waals surface area contributed by atoms with Crippen molar-refractivity contribution in [2.45, 2.75) is 46.5 Å². The van der Waals surface area contributed by atoms with Crippen LogP contribution in [0.25, 0.3) is 17.1 Å². The summed E-state index contributed by atoms with van der Waals surface area (Å²) in [5, 5.41) is 0. The van der Waals surface area contributed by atoms with E-state index in [2.05, 4.69) is 92.4 Å². The van der Waals surface area contributed by atoms with Crippen molar-refractivity contribution in [3.8, 4) is 17.1 Å². The number of aromatic nitrogens is 3. The van der Waals surface area contributed by atoms with Gasteiger partial charge in [-0.05, 0) is 30.4 Å². The molecule has 0 fully saturated rings. The third kappa shape index (κ3) is 3.11. The Hall–Kier alpha value is -2.42. The number of nitrogens with zero attached hydrogens (tertiary/aromatic N) is 3. The normalized spacial score (nSPS) is 11.5. The summed E-state index contributed by atoms with van der Waals surface area (Å²) in [6.45, 7) is 11.2. The number of para-hydroxylation sites is 1. The SMILES string of the molecule is Cc1ccncc1-c1n(-c2c(C(C)C)cccc2C(C)C)cc[n+]1C. The Bertz CT molecular complexity index is 862. The van der Waals surface area contributed by atoms with E-state index in [-0.39, 0.29) is 0 Å². The average molecular weight is 334 g/mol. The minimum absolute atomic E-state index is 0.462. The first-order chi connectivity index (χ1) is 11.9. The van der Waals surface area contributed by atoms with Gasteiger partial charge in [0.15, 0.2) is 0 Å². The summed E-state index contributed by atoms with van der Waals surface area (Å²) in [7, 11) is 2.10. The maximum absolute atomic E-state index is 4.37. The summed E-state index contributed by atoms with van der Waals surface area (Å²) >= 11 is 0. The van der Waals surface area contributed by atoms with Crippen LogP contribution in [0.5, 0.6) is 0 Å². The highest BCUT2D eigenvalue weighted by Crippen LogP contribution is 2.33. The third-order valence-corrected chi connectivity index (χ3v) is 4.86. The van der Waals surface area contributed by atoms with Crippen LogP contribution in [0.1, 0.15) is 56.2 Å². The summed E-state index contributed by atoms with van der Waals surface area (Å²) in [4.78, 5) is 4.37. The molecular formula is C22H28N3+. The largest absolute Gasteiger partial charge is 0.295 e. The van der Waals surface area contributed by atoms with Gasteiger partial charge in [0.1, 0.15) is 18.1 Å². The molecule has 0 saturated carbocycles. The van der Waals surface area contributed by atoms with Crippen LogP contribution >= 0.6 is 0 Å². The third-order valence-electron chi connectivity index (χ3n) is 4.86. The summed E-state index contributed by atoms with van der Waals surface area (Å²) in [6, 6.07) is 8.77. The lowest BCUT2D eigenvalue weighted by Crippen LogP contribution is -2.29. The van der Waals surface area contributed by atoms with Crippen molar-refractivity contribution in [3.63, 3.8) is 0 Å². The van der Waals surface area contributed by atoms with Gasteiger partial charge < -0.3 is 0 Å². The highest BCUT2D eigenvalue weighted by Gasteiger charge is 2.26. The maximum Gasteiger partial charge on any atom is 0.295 e. The van der Waals surface area contributed by atoms with Gasteiger partial charge in [-0.1, -0.05) is 45.9 Å². The minimum atomic E-state index is 0.462. The van der Waals surface area contributed by atoms with Gasteiger partial charge in [0.25, 0.3) is 5.82 Å². The molecule has 0 aliphatic heterocycles. The maximum atomic E-state index is 4.37. The van der Waals surface area contributed by atoms with E-state index >= 15 is 0 Å². The molecule has 0 unspecified atom stereocenters. The second-order valence-electron chi connectivity index (χ2n) is 7.39. The van der Waals surface area contributed by atoms with Crippen molar-refractivity contribution in [3.05, 3.63) is 65.7 Å². The number of pyridine rings is 1. The lowest BCUT2D eigenvalue weighted by Gasteiger charge is -2.18. The van der Waals surface area contributed by atoms with Crippen molar-refractivity contribution in [1.82, 2.24) is 9.55 Å². The van der Waals surface area contributed by atoms with E-state index in [1.54, 1.807) is 0 Å². The number of rotatable bonds is 4. The molecule has 3 nitrogen and oxygen atoms in total. The molecule has 1 aromatic carbocycles. The Kier molecular flexibility index (Phi) is 4.76. The second-order valence-corrected chi connectivity index (χ2v) is 7.39. The van der Waals surface area contributed by atoms with E-state index in [9.17, 15) is 0 Å². The topological polar surface area (TPSA) is 21.7 Å². The number of imidazole rings is 1. The van der Waals surface area contributed by atoms with Gasteiger partial charge in [-0.25, -0.2) is 4.57 Å². The molecule has 3 heteroatoms. The predicted octanol–water partition coefficient (Wildman–Crippen LogP) is 4.92. The molecule has 0 N–H and O–H groups in total. The number of benzene rings is 1. The van der Waals surface area contributed by atoms with Crippen molar-refractivity contribution in [1.29, 1.82) is 0 Å². The van der Waals surface area contributed by atoms with Crippen LogP contribution in [0.4, 0.5) is 0 Å². The molecule has 0 radical (unpaired) electrons. The second kappa shape index (κ2) is 6.83. The lowest BCUT2D eigenvalue weighted by molar-refractivity contribution is -0.659. The Labute approximate surface area is 151 Å².